The molecule has 0 aliphatic carbocycles. The normalized spacial score (nSPS) is 10.4. The van der Waals surface area contributed by atoms with Crippen LogP contribution in [0.3, 0.4) is 0 Å². The number of rotatable bonds is 6. The molecule has 0 saturated heterocycles. The van der Waals surface area contributed by atoms with Gasteiger partial charge in [-0.1, -0.05) is 18.2 Å². The molecule has 0 unspecified atom stereocenters. The van der Waals surface area contributed by atoms with Gasteiger partial charge in [0.2, 0.25) is 0 Å². The van der Waals surface area contributed by atoms with E-state index >= 15 is 0 Å². The van der Waals surface area contributed by atoms with Crippen molar-refractivity contribution in [2.45, 2.75) is 19.6 Å². The van der Waals surface area contributed by atoms with Crippen molar-refractivity contribution < 1.29 is 13.1 Å². The molecule has 0 aromatic carbocycles. The molecule has 0 atom stereocenters. The van der Waals surface area contributed by atoms with E-state index in [0.29, 0.717) is 0 Å². The van der Waals surface area contributed by atoms with Crippen LogP contribution in [0, 0.1) is 0 Å². The number of halogens is 2. The summed E-state index contributed by atoms with van der Waals surface area (Å²) in [6.45, 7) is 2.32. The van der Waals surface area contributed by atoms with E-state index in [1.54, 1.807) is 0 Å². The second-order valence-corrected chi connectivity index (χ2v) is 6.71. The zero-order valence-corrected chi connectivity index (χ0v) is 15.8. The summed E-state index contributed by atoms with van der Waals surface area (Å²) in [6.07, 6.45) is 5.49. The third-order valence-electron chi connectivity index (χ3n) is 3.34. The largest absolute Gasteiger partial charge is 0.286 e. The summed E-state index contributed by atoms with van der Waals surface area (Å²) in [5, 5.41) is 0. The Bertz CT molecular complexity index is 603. The summed E-state index contributed by atoms with van der Waals surface area (Å²) < 4.78 is 0. The summed E-state index contributed by atoms with van der Waals surface area (Å²) in [6, 6.07) is 18.0. The van der Waals surface area contributed by atoms with E-state index in [1.165, 1.54) is 0 Å². The second kappa shape index (κ2) is 12.0. The van der Waals surface area contributed by atoms with E-state index in [9.17, 15) is 0 Å². The molecule has 0 amide bonds. The Morgan fingerprint density at radius 2 is 0.960 bits per heavy atom. The van der Waals surface area contributed by atoms with Crippen molar-refractivity contribution >= 4 is 20.2 Å². The van der Waals surface area contributed by atoms with E-state index < -0.39 is 0 Å². The van der Waals surface area contributed by atoms with Crippen LogP contribution in [0.15, 0.2) is 73.2 Å². The van der Waals surface area contributed by atoms with Gasteiger partial charge in [0.05, 0.1) is 17.1 Å². The first kappa shape index (κ1) is 19.8. The molecule has 0 aliphatic heterocycles. The fourth-order valence-electron chi connectivity index (χ4n) is 2.33. The molecule has 135 valence electrons. The van der Waals surface area contributed by atoms with Crippen LogP contribution in [-0.4, -0.2) is 19.9 Å². The van der Waals surface area contributed by atoms with Gasteiger partial charge >= 0.3 is 33.3 Å². The second-order valence-electron chi connectivity index (χ2n) is 5.15. The number of nitrogens with zero attached hydrogens (tertiary/aromatic N) is 4. The Hall–Kier alpha value is -1.49. The van der Waals surface area contributed by atoms with Crippen LogP contribution in [0.25, 0.3) is 0 Å². The van der Waals surface area contributed by atoms with Gasteiger partial charge in [-0.2, -0.15) is 0 Å². The third kappa shape index (κ3) is 7.95. The molecule has 0 saturated carbocycles. The Morgan fingerprint density at radius 1 is 0.640 bits per heavy atom. The zero-order chi connectivity index (χ0) is 17.7. The summed E-state index contributed by atoms with van der Waals surface area (Å²) in [4.78, 5) is 15.6. The Kier molecular flexibility index (Phi) is 9.49. The van der Waals surface area contributed by atoms with E-state index in [2.05, 4.69) is 40.0 Å². The van der Waals surface area contributed by atoms with Crippen molar-refractivity contribution in [3.05, 3.63) is 90.3 Å². The Labute approximate surface area is 162 Å². The first-order valence-corrected chi connectivity index (χ1v) is 10.1. The molecule has 25 heavy (non-hydrogen) atoms. The van der Waals surface area contributed by atoms with E-state index in [1.807, 2.05) is 73.2 Å². The molecular formula is C18H18Cl2CuN4. The molecule has 4 nitrogen and oxygen atoms in total. The molecule has 0 aliphatic rings. The summed E-state index contributed by atoms with van der Waals surface area (Å²) >= 11 is 0.757. The monoisotopic (exact) mass is 423 g/mol. The maximum Gasteiger partial charge on any atom is 0.0544 e. The van der Waals surface area contributed by atoms with Gasteiger partial charge in [-0.15, -0.1) is 0 Å². The van der Waals surface area contributed by atoms with Crippen molar-refractivity contribution in [1.82, 2.24) is 19.9 Å². The Morgan fingerprint density at radius 3 is 1.20 bits per heavy atom. The van der Waals surface area contributed by atoms with Gasteiger partial charge in [0.15, 0.2) is 0 Å². The molecule has 0 bridgehead atoms. The van der Waals surface area contributed by atoms with Gasteiger partial charge in [-0.05, 0) is 36.4 Å². The number of hydrogen-bond acceptors (Lipinski definition) is 4. The summed E-state index contributed by atoms with van der Waals surface area (Å²) in [5.41, 5.74) is 3.15. The van der Waals surface area contributed by atoms with E-state index in [4.69, 9.17) is 0 Å². The first-order chi connectivity index (χ1) is 12.3. The molecule has 0 radical (unpaired) electrons. The third-order valence-corrected chi connectivity index (χ3v) is 3.34. The van der Waals surface area contributed by atoms with Crippen LogP contribution >= 0.6 is 20.2 Å². The molecule has 3 heterocycles. The average Bonchev–Trinajstić information content (AvgIpc) is 2.65. The van der Waals surface area contributed by atoms with Crippen LogP contribution in [0.1, 0.15) is 17.1 Å². The number of aromatic nitrogens is 3. The SMILES string of the molecule is [Cl][Cu][Cl].c1ccc(CN(Cc2ccccn2)Cc2ccccn2)nc1. The number of hydrogen-bond donors (Lipinski definition) is 0. The topological polar surface area (TPSA) is 41.9 Å². The van der Waals surface area contributed by atoms with Crippen molar-refractivity contribution in [3.63, 3.8) is 0 Å². The van der Waals surface area contributed by atoms with Gasteiger partial charge in [0, 0.05) is 38.2 Å². The van der Waals surface area contributed by atoms with Crippen molar-refractivity contribution in [1.29, 1.82) is 0 Å². The number of pyridine rings is 3. The summed E-state index contributed by atoms with van der Waals surface area (Å²) in [5.74, 6) is 0. The van der Waals surface area contributed by atoms with Gasteiger partial charge in [0.25, 0.3) is 0 Å². The quantitative estimate of drug-likeness (QED) is 0.548. The van der Waals surface area contributed by atoms with Crippen LogP contribution in [-0.2, 0) is 32.8 Å². The van der Waals surface area contributed by atoms with Crippen LogP contribution < -0.4 is 0 Å². The van der Waals surface area contributed by atoms with Crippen molar-refractivity contribution in [2.75, 3.05) is 0 Å². The van der Waals surface area contributed by atoms with Gasteiger partial charge in [0.1, 0.15) is 0 Å². The van der Waals surface area contributed by atoms with Crippen molar-refractivity contribution in [2.24, 2.45) is 0 Å². The van der Waals surface area contributed by atoms with Gasteiger partial charge < -0.3 is 0 Å². The predicted octanol–water partition coefficient (Wildman–Crippen LogP) is 4.45. The predicted molar refractivity (Wildman–Crippen MR) is 97.4 cm³/mol. The Balaban J connectivity index is 0.000000701. The average molecular weight is 425 g/mol. The molecule has 0 spiro atoms. The fraction of sp³-hybridized carbons (Fsp3) is 0.167. The standard InChI is InChI=1S/C18H18N4.2ClH.Cu/c1-4-10-19-16(7-1)13-22(14-17-8-2-5-11-20-17)15-18-9-3-6-12-21-18;;;/h1-12H,13-15H2;2*1H;/q;;;+2/p-2. The summed E-state index contributed by atoms with van der Waals surface area (Å²) in [7, 11) is 9.34. The molecular weight excluding hydrogens is 407 g/mol. The maximum absolute atomic E-state index is 4.67. The van der Waals surface area contributed by atoms with Crippen LogP contribution in [0.5, 0.6) is 0 Å². The van der Waals surface area contributed by atoms with Crippen molar-refractivity contribution in [3.8, 4) is 0 Å². The minimum atomic E-state index is 0.757. The minimum Gasteiger partial charge on any atom is -0.286 e. The molecule has 3 aromatic heterocycles. The smallest absolute Gasteiger partial charge is 0.0544 e. The molecule has 7 heteroatoms. The molecule has 0 N–H and O–H groups in total. The van der Waals surface area contributed by atoms with Gasteiger partial charge in [-0.3, -0.25) is 19.9 Å². The molecule has 0 fully saturated rings. The minimum absolute atomic E-state index is 0.757. The molecule has 3 aromatic rings. The maximum atomic E-state index is 4.67. The van der Waals surface area contributed by atoms with E-state index in [-0.39, 0.29) is 0 Å². The van der Waals surface area contributed by atoms with Gasteiger partial charge in [-0.25, -0.2) is 0 Å². The van der Waals surface area contributed by atoms with Crippen LogP contribution in [0.2, 0.25) is 0 Å². The van der Waals surface area contributed by atoms with E-state index in [0.717, 1.165) is 49.8 Å². The zero-order valence-electron chi connectivity index (χ0n) is 13.4. The van der Waals surface area contributed by atoms with Crippen LogP contribution in [0.4, 0.5) is 0 Å². The molecule has 3 rings (SSSR count). The fourth-order valence-corrected chi connectivity index (χ4v) is 2.33. The first-order valence-electron chi connectivity index (χ1n) is 7.55.